The Morgan fingerprint density at radius 1 is 1.48 bits per heavy atom. The fourth-order valence-corrected chi connectivity index (χ4v) is 3.59. The molecule has 1 atom stereocenters. The van der Waals surface area contributed by atoms with Gasteiger partial charge in [0.1, 0.15) is 12.4 Å². The van der Waals surface area contributed by atoms with E-state index in [4.69, 9.17) is 16.3 Å². The topological polar surface area (TPSA) is 75.7 Å². The number of hydrogen-bond donors (Lipinski definition) is 1. The molecular formula is C15H21ClN2O4S. The highest BCUT2D eigenvalue weighted by Gasteiger charge is 2.29. The summed E-state index contributed by atoms with van der Waals surface area (Å²) < 4.78 is 30.0. The molecule has 1 amide bonds. The molecule has 128 valence electrons. The normalized spacial score (nSPS) is 19.3. The summed E-state index contributed by atoms with van der Waals surface area (Å²) in [5, 5.41) is 3.38. The molecule has 1 N–H and O–H groups in total. The van der Waals surface area contributed by atoms with Crippen molar-refractivity contribution in [3.8, 4) is 5.75 Å². The lowest BCUT2D eigenvalue weighted by Gasteiger charge is -2.30. The van der Waals surface area contributed by atoms with Crippen molar-refractivity contribution in [2.45, 2.75) is 12.8 Å². The van der Waals surface area contributed by atoms with Crippen molar-refractivity contribution in [1.82, 2.24) is 9.62 Å². The van der Waals surface area contributed by atoms with Gasteiger partial charge in [0.05, 0.1) is 18.7 Å². The first-order chi connectivity index (χ1) is 10.9. The molecule has 0 aromatic heterocycles. The fraction of sp³-hybridized carbons (Fsp3) is 0.533. The first kappa shape index (κ1) is 18.0. The maximum absolute atomic E-state index is 12.1. The third-order valence-corrected chi connectivity index (χ3v) is 5.19. The second-order valence-electron chi connectivity index (χ2n) is 5.56. The van der Waals surface area contributed by atoms with E-state index in [0.29, 0.717) is 43.3 Å². The number of nitrogens with one attached hydrogen (secondary N) is 1. The number of benzene rings is 1. The maximum atomic E-state index is 12.1. The Morgan fingerprint density at radius 3 is 2.96 bits per heavy atom. The van der Waals surface area contributed by atoms with Crippen LogP contribution in [-0.4, -0.2) is 51.1 Å². The van der Waals surface area contributed by atoms with Crippen LogP contribution in [0.4, 0.5) is 0 Å². The Bertz CT molecular complexity index is 651. The van der Waals surface area contributed by atoms with E-state index in [2.05, 4.69) is 5.32 Å². The van der Waals surface area contributed by atoms with Crippen molar-refractivity contribution in [1.29, 1.82) is 0 Å². The van der Waals surface area contributed by atoms with Crippen LogP contribution in [0.25, 0.3) is 0 Å². The van der Waals surface area contributed by atoms with Crippen LogP contribution in [0.2, 0.25) is 5.02 Å². The van der Waals surface area contributed by atoms with Gasteiger partial charge in [0.15, 0.2) is 0 Å². The molecule has 0 unspecified atom stereocenters. The summed E-state index contributed by atoms with van der Waals surface area (Å²) in [5.74, 6) is 0.213. The van der Waals surface area contributed by atoms with E-state index in [9.17, 15) is 13.2 Å². The quantitative estimate of drug-likeness (QED) is 0.780. The zero-order valence-electron chi connectivity index (χ0n) is 13.0. The summed E-state index contributed by atoms with van der Waals surface area (Å²) >= 11 is 5.86. The number of amides is 1. The molecule has 1 aromatic rings. The third kappa shape index (κ3) is 5.67. The lowest BCUT2D eigenvalue weighted by molar-refractivity contribution is -0.126. The predicted octanol–water partition coefficient (Wildman–Crippen LogP) is 1.51. The maximum Gasteiger partial charge on any atom is 0.224 e. The first-order valence-electron chi connectivity index (χ1n) is 7.47. The van der Waals surface area contributed by atoms with E-state index in [1.807, 2.05) is 0 Å². The van der Waals surface area contributed by atoms with Crippen LogP contribution in [0, 0.1) is 5.92 Å². The minimum atomic E-state index is -3.24. The van der Waals surface area contributed by atoms with E-state index >= 15 is 0 Å². The molecule has 23 heavy (non-hydrogen) atoms. The van der Waals surface area contributed by atoms with Crippen molar-refractivity contribution in [2.75, 3.05) is 32.5 Å². The SMILES string of the molecule is CS(=O)(=O)N1CCC[C@@H](C(=O)NCCOc2cccc(Cl)c2)C1. The molecule has 0 saturated carbocycles. The lowest BCUT2D eigenvalue weighted by Crippen LogP contribution is -2.45. The molecule has 0 aliphatic carbocycles. The average Bonchev–Trinajstić information content (AvgIpc) is 2.51. The van der Waals surface area contributed by atoms with Crippen molar-refractivity contribution in [3.05, 3.63) is 29.3 Å². The number of nitrogens with zero attached hydrogens (tertiary/aromatic N) is 1. The van der Waals surface area contributed by atoms with Crippen LogP contribution in [-0.2, 0) is 14.8 Å². The van der Waals surface area contributed by atoms with Crippen LogP contribution >= 0.6 is 11.6 Å². The number of hydrogen-bond acceptors (Lipinski definition) is 4. The van der Waals surface area contributed by atoms with Crippen molar-refractivity contribution < 1.29 is 17.9 Å². The highest BCUT2D eigenvalue weighted by Crippen LogP contribution is 2.19. The number of halogens is 1. The fourth-order valence-electron chi connectivity index (χ4n) is 2.50. The standard InChI is InChI=1S/C15H21ClN2O4S/c1-23(20,21)18-8-3-4-12(11-18)15(19)17-7-9-22-14-6-2-5-13(16)10-14/h2,5-6,10,12H,3-4,7-9,11H2,1H3,(H,17,19)/t12-/m1/s1. The molecule has 1 aliphatic heterocycles. The molecule has 1 aliphatic rings. The van der Waals surface area contributed by atoms with Gasteiger partial charge in [-0.3, -0.25) is 4.79 Å². The molecule has 8 heteroatoms. The number of carbonyl (C=O) groups is 1. The van der Waals surface area contributed by atoms with Gasteiger partial charge in [0.25, 0.3) is 0 Å². The Balaban J connectivity index is 1.74. The van der Waals surface area contributed by atoms with Crippen molar-refractivity contribution in [3.63, 3.8) is 0 Å². The smallest absolute Gasteiger partial charge is 0.224 e. The Hall–Kier alpha value is -1.31. The minimum absolute atomic E-state index is 0.131. The van der Waals surface area contributed by atoms with E-state index in [1.54, 1.807) is 24.3 Å². The molecule has 0 radical (unpaired) electrons. The van der Waals surface area contributed by atoms with Gasteiger partial charge in [0.2, 0.25) is 15.9 Å². The Labute approximate surface area is 141 Å². The van der Waals surface area contributed by atoms with E-state index in [0.717, 1.165) is 0 Å². The van der Waals surface area contributed by atoms with Gasteiger partial charge in [-0.15, -0.1) is 0 Å². The van der Waals surface area contributed by atoms with E-state index in [-0.39, 0.29) is 18.4 Å². The second kappa shape index (κ2) is 7.99. The van der Waals surface area contributed by atoms with Gasteiger partial charge >= 0.3 is 0 Å². The second-order valence-corrected chi connectivity index (χ2v) is 7.98. The van der Waals surface area contributed by atoms with Gasteiger partial charge in [-0.1, -0.05) is 17.7 Å². The number of ether oxygens (including phenoxy) is 1. The van der Waals surface area contributed by atoms with Gasteiger partial charge in [0, 0.05) is 18.1 Å². The molecule has 6 nitrogen and oxygen atoms in total. The largest absolute Gasteiger partial charge is 0.492 e. The van der Waals surface area contributed by atoms with Gasteiger partial charge in [-0.25, -0.2) is 12.7 Å². The lowest BCUT2D eigenvalue weighted by atomic mass is 9.99. The zero-order chi connectivity index (χ0) is 16.9. The molecule has 1 fully saturated rings. The molecule has 1 aromatic carbocycles. The van der Waals surface area contributed by atoms with Crippen molar-refractivity contribution in [2.24, 2.45) is 5.92 Å². The van der Waals surface area contributed by atoms with Crippen LogP contribution in [0.1, 0.15) is 12.8 Å². The average molecular weight is 361 g/mol. The monoisotopic (exact) mass is 360 g/mol. The summed E-state index contributed by atoms with van der Waals surface area (Å²) in [6.07, 6.45) is 2.57. The van der Waals surface area contributed by atoms with E-state index in [1.165, 1.54) is 10.6 Å². The first-order valence-corrected chi connectivity index (χ1v) is 9.70. The molecular weight excluding hydrogens is 340 g/mol. The highest BCUT2D eigenvalue weighted by atomic mass is 35.5. The van der Waals surface area contributed by atoms with Gasteiger partial charge in [-0.05, 0) is 31.0 Å². The summed E-state index contributed by atoms with van der Waals surface area (Å²) in [4.78, 5) is 12.1. The Kier molecular flexibility index (Phi) is 6.26. The van der Waals surface area contributed by atoms with Crippen LogP contribution in [0.5, 0.6) is 5.75 Å². The predicted molar refractivity (Wildman–Crippen MR) is 89.1 cm³/mol. The number of carbonyl (C=O) groups excluding carboxylic acids is 1. The van der Waals surface area contributed by atoms with E-state index < -0.39 is 10.0 Å². The summed E-state index contributed by atoms with van der Waals surface area (Å²) in [6.45, 7) is 1.43. The summed E-state index contributed by atoms with van der Waals surface area (Å²) in [7, 11) is -3.24. The molecule has 1 saturated heterocycles. The number of sulfonamides is 1. The third-order valence-electron chi connectivity index (χ3n) is 3.69. The Morgan fingerprint density at radius 2 is 2.26 bits per heavy atom. The summed E-state index contributed by atoms with van der Waals surface area (Å²) in [5.41, 5.74) is 0. The summed E-state index contributed by atoms with van der Waals surface area (Å²) in [6, 6.07) is 7.04. The molecule has 1 heterocycles. The van der Waals surface area contributed by atoms with Gasteiger partial charge in [-0.2, -0.15) is 0 Å². The molecule has 2 rings (SSSR count). The minimum Gasteiger partial charge on any atom is -0.492 e. The number of rotatable bonds is 6. The molecule has 0 bridgehead atoms. The van der Waals surface area contributed by atoms with Crippen LogP contribution in [0.3, 0.4) is 0 Å². The van der Waals surface area contributed by atoms with Crippen molar-refractivity contribution >= 4 is 27.5 Å². The molecule has 0 spiro atoms. The van der Waals surface area contributed by atoms with Gasteiger partial charge < -0.3 is 10.1 Å². The van der Waals surface area contributed by atoms with Crippen LogP contribution < -0.4 is 10.1 Å². The zero-order valence-corrected chi connectivity index (χ0v) is 14.6. The van der Waals surface area contributed by atoms with Crippen LogP contribution in [0.15, 0.2) is 24.3 Å². The number of piperidine rings is 1. The highest BCUT2D eigenvalue weighted by molar-refractivity contribution is 7.88.